The van der Waals surface area contributed by atoms with Gasteiger partial charge in [0, 0.05) is 29.8 Å². The van der Waals surface area contributed by atoms with Crippen molar-refractivity contribution in [3.05, 3.63) is 82.7 Å². The van der Waals surface area contributed by atoms with Crippen LogP contribution in [0.4, 0.5) is 14.5 Å². The van der Waals surface area contributed by atoms with Gasteiger partial charge in [0.15, 0.2) is 6.29 Å². The molecule has 2 aromatic carbocycles. The molecule has 1 heterocycles. The van der Waals surface area contributed by atoms with E-state index in [4.69, 9.17) is 4.98 Å². The molecule has 3 aromatic rings. The number of aldehydes is 1. The summed E-state index contributed by atoms with van der Waals surface area (Å²) in [6.07, 6.45) is 2.44. The Kier molecular flexibility index (Phi) is 8.64. The summed E-state index contributed by atoms with van der Waals surface area (Å²) in [5.74, 6) is 4.30. The van der Waals surface area contributed by atoms with Crippen LogP contribution in [0.5, 0.6) is 0 Å². The zero-order valence-corrected chi connectivity index (χ0v) is 20.6. The summed E-state index contributed by atoms with van der Waals surface area (Å²) >= 11 is 0. The van der Waals surface area contributed by atoms with Crippen LogP contribution in [-0.2, 0) is 6.42 Å². The van der Waals surface area contributed by atoms with E-state index < -0.39 is 23.3 Å². The molecule has 0 spiro atoms. The summed E-state index contributed by atoms with van der Waals surface area (Å²) in [6, 6.07) is 11.7. The lowest BCUT2D eigenvalue weighted by Gasteiger charge is -2.21. The van der Waals surface area contributed by atoms with Crippen LogP contribution in [-0.4, -0.2) is 42.4 Å². The molecule has 0 saturated carbocycles. The first-order valence-corrected chi connectivity index (χ1v) is 11.3. The highest BCUT2D eigenvalue weighted by atomic mass is 19.1. The van der Waals surface area contributed by atoms with E-state index in [0.29, 0.717) is 39.3 Å². The van der Waals surface area contributed by atoms with Gasteiger partial charge >= 0.3 is 0 Å². The Morgan fingerprint density at radius 2 is 1.83 bits per heavy atom. The van der Waals surface area contributed by atoms with E-state index in [1.807, 2.05) is 12.1 Å². The number of carbonyl (C=O) groups is 1. The molecule has 0 aliphatic carbocycles. The molecule has 8 heteroatoms. The van der Waals surface area contributed by atoms with Gasteiger partial charge in [-0.2, -0.15) is 0 Å². The number of nitrogens with zero attached hydrogens (tertiary/aromatic N) is 2. The molecular formula is C28H28F2N4O2. The first-order chi connectivity index (χ1) is 17.1. The number of hydrogen-bond donors (Lipinski definition) is 3. The predicted molar refractivity (Wildman–Crippen MR) is 137 cm³/mol. The van der Waals surface area contributed by atoms with Gasteiger partial charge in [-0.1, -0.05) is 18.1 Å². The zero-order chi connectivity index (χ0) is 26.3. The largest absolute Gasteiger partial charge is 0.379 e. The van der Waals surface area contributed by atoms with Crippen LogP contribution in [0.3, 0.4) is 0 Å². The smallest absolute Gasteiger partial charge is 0.152 e. The summed E-state index contributed by atoms with van der Waals surface area (Å²) < 4.78 is 27.8. The molecule has 1 unspecified atom stereocenters. The van der Waals surface area contributed by atoms with E-state index >= 15 is 0 Å². The molecule has 6 nitrogen and oxygen atoms in total. The maximum absolute atomic E-state index is 13.9. The van der Waals surface area contributed by atoms with E-state index in [9.17, 15) is 18.7 Å². The van der Waals surface area contributed by atoms with E-state index in [1.54, 1.807) is 46.1 Å². The highest BCUT2D eigenvalue weighted by Crippen LogP contribution is 2.37. The molecule has 0 aliphatic rings. The molecule has 1 atom stereocenters. The molecule has 36 heavy (non-hydrogen) atoms. The summed E-state index contributed by atoms with van der Waals surface area (Å²) in [5, 5.41) is 16.0. The normalized spacial score (nSPS) is 12.2. The number of nitrogens with one attached hydrogen (secondary N) is 2. The lowest BCUT2D eigenvalue weighted by atomic mass is 9.93. The molecule has 0 radical (unpaired) electrons. The second-order valence-electron chi connectivity index (χ2n) is 8.67. The van der Waals surface area contributed by atoms with Gasteiger partial charge < -0.3 is 15.7 Å². The molecule has 0 amide bonds. The Bertz CT molecular complexity index is 1320. The monoisotopic (exact) mass is 490 g/mol. The van der Waals surface area contributed by atoms with Crippen molar-refractivity contribution in [2.24, 2.45) is 4.99 Å². The summed E-state index contributed by atoms with van der Waals surface area (Å²) in [4.78, 5) is 20.9. The Balaban J connectivity index is 2.23. The fourth-order valence-corrected chi connectivity index (χ4v) is 3.70. The third-order valence-electron chi connectivity index (χ3n) is 5.27. The lowest BCUT2D eigenvalue weighted by molar-refractivity contribution is 0.112. The van der Waals surface area contributed by atoms with Crippen molar-refractivity contribution in [3.63, 3.8) is 0 Å². The molecule has 3 rings (SSSR count). The van der Waals surface area contributed by atoms with Crippen LogP contribution in [0.15, 0.2) is 53.5 Å². The minimum absolute atomic E-state index is 0.232. The average Bonchev–Trinajstić information content (AvgIpc) is 2.83. The first kappa shape index (κ1) is 26.7. The van der Waals surface area contributed by atoms with E-state index in [0.717, 1.165) is 12.4 Å². The highest BCUT2D eigenvalue weighted by molar-refractivity contribution is 5.93. The number of pyridine rings is 1. The number of rotatable bonds is 8. The number of aliphatic imine (C=N–C) groups is 1. The highest BCUT2D eigenvalue weighted by Gasteiger charge is 2.21. The van der Waals surface area contributed by atoms with Crippen molar-refractivity contribution in [3.8, 4) is 23.0 Å². The van der Waals surface area contributed by atoms with E-state index in [-0.39, 0.29) is 6.42 Å². The standard InChI is InChI=1S/C28H28F2N4O2/c1-28(2,36)11-10-22-8-9-24(23-7-5-6-19(16-35)26(23)33-17-31-3)27(34-22)25(32-4)14-18-12-20(29)15-21(30)13-18/h5-9,12-13,15-17,25,32,36H,14H2,1-4H3,(H,31,33). The summed E-state index contributed by atoms with van der Waals surface area (Å²) in [7, 11) is 3.42. The van der Waals surface area contributed by atoms with Crippen LogP contribution in [0.25, 0.3) is 11.1 Å². The van der Waals surface area contributed by atoms with Gasteiger partial charge in [-0.15, -0.1) is 0 Å². The Morgan fingerprint density at radius 1 is 1.11 bits per heavy atom. The quantitative estimate of drug-likeness (QED) is 0.189. The number of aliphatic hydroxyl groups is 1. The van der Waals surface area contributed by atoms with Crippen LogP contribution < -0.4 is 10.6 Å². The fourth-order valence-electron chi connectivity index (χ4n) is 3.70. The number of benzene rings is 2. The number of carbonyl (C=O) groups excluding carboxylic acids is 1. The Morgan fingerprint density at radius 3 is 2.44 bits per heavy atom. The topological polar surface area (TPSA) is 86.6 Å². The molecule has 0 fully saturated rings. The van der Waals surface area contributed by atoms with Crippen molar-refractivity contribution < 1.29 is 18.7 Å². The van der Waals surface area contributed by atoms with Crippen molar-refractivity contribution >= 4 is 18.3 Å². The van der Waals surface area contributed by atoms with E-state index in [1.165, 1.54) is 18.5 Å². The number of para-hydroxylation sites is 1. The van der Waals surface area contributed by atoms with Crippen molar-refractivity contribution in [1.29, 1.82) is 0 Å². The van der Waals surface area contributed by atoms with E-state index in [2.05, 4.69) is 27.5 Å². The van der Waals surface area contributed by atoms with Gasteiger partial charge in [-0.25, -0.2) is 18.8 Å². The zero-order valence-electron chi connectivity index (χ0n) is 20.6. The Hall–Kier alpha value is -3.93. The van der Waals surface area contributed by atoms with Gasteiger partial charge in [0.25, 0.3) is 0 Å². The van der Waals surface area contributed by atoms with Crippen molar-refractivity contribution in [2.75, 3.05) is 14.1 Å². The molecule has 0 bridgehead atoms. The van der Waals surface area contributed by atoms with Crippen molar-refractivity contribution in [2.45, 2.75) is 31.9 Å². The van der Waals surface area contributed by atoms with Crippen LogP contribution in [0.1, 0.15) is 47.2 Å². The maximum Gasteiger partial charge on any atom is 0.152 e. The number of aromatic nitrogens is 1. The SMILES string of the molecule is CN/C=N\c1c(C=O)cccc1-c1ccc(C#CC(C)(C)O)nc1C(Cc1cc(F)cc(F)c1)NC. The van der Waals surface area contributed by atoms with Gasteiger partial charge in [-0.3, -0.25) is 4.79 Å². The molecule has 3 N–H and O–H groups in total. The number of halogens is 2. The second-order valence-corrected chi connectivity index (χ2v) is 8.67. The van der Waals surface area contributed by atoms with Gasteiger partial charge in [0.2, 0.25) is 0 Å². The Labute approximate surface area is 209 Å². The van der Waals surface area contributed by atoms with Gasteiger partial charge in [-0.05, 0) is 69.1 Å². The third-order valence-corrected chi connectivity index (χ3v) is 5.27. The molecule has 186 valence electrons. The molecule has 0 saturated heterocycles. The minimum atomic E-state index is -1.21. The summed E-state index contributed by atoms with van der Waals surface area (Å²) in [6.45, 7) is 3.14. The number of likely N-dealkylation sites (N-methyl/N-ethyl adjacent to an activating group) is 1. The van der Waals surface area contributed by atoms with Crippen LogP contribution in [0.2, 0.25) is 0 Å². The minimum Gasteiger partial charge on any atom is -0.379 e. The van der Waals surface area contributed by atoms with Crippen LogP contribution >= 0.6 is 0 Å². The summed E-state index contributed by atoms with van der Waals surface area (Å²) in [5.41, 5.74) is 2.36. The molecule has 0 aliphatic heterocycles. The first-order valence-electron chi connectivity index (χ1n) is 11.3. The molecule has 1 aromatic heterocycles. The molecular weight excluding hydrogens is 462 g/mol. The third kappa shape index (κ3) is 6.81. The lowest BCUT2D eigenvalue weighted by Crippen LogP contribution is -2.21. The van der Waals surface area contributed by atoms with Gasteiger partial charge in [0.1, 0.15) is 22.9 Å². The maximum atomic E-state index is 13.9. The average molecular weight is 491 g/mol. The van der Waals surface area contributed by atoms with Crippen LogP contribution in [0, 0.1) is 23.5 Å². The second kappa shape index (κ2) is 11.7. The predicted octanol–water partition coefficient (Wildman–Crippen LogP) is 4.34. The van der Waals surface area contributed by atoms with Gasteiger partial charge in [0.05, 0.1) is 23.8 Å². The fraction of sp³-hybridized carbons (Fsp3) is 0.250. The van der Waals surface area contributed by atoms with Crippen molar-refractivity contribution in [1.82, 2.24) is 15.6 Å². The number of hydrogen-bond acceptors (Lipinski definition) is 5.